The lowest BCUT2D eigenvalue weighted by atomic mass is 9.71. The van der Waals surface area contributed by atoms with E-state index in [4.69, 9.17) is 0 Å². The normalized spacial score (nSPS) is 29.3. The van der Waals surface area contributed by atoms with Crippen LogP contribution in [-0.4, -0.2) is 31.9 Å². The predicted octanol–water partition coefficient (Wildman–Crippen LogP) is 5.26. The molecule has 0 aliphatic heterocycles. The van der Waals surface area contributed by atoms with Crippen LogP contribution in [0, 0.1) is 31.6 Å². The van der Waals surface area contributed by atoms with Gasteiger partial charge in [0, 0.05) is 23.6 Å². The summed E-state index contributed by atoms with van der Waals surface area (Å²) in [5, 5.41) is 23.0. The van der Waals surface area contributed by atoms with Gasteiger partial charge in [-0.15, -0.1) is 10.2 Å². The summed E-state index contributed by atoms with van der Waals surface area (Å²) < 4.78 is 2.37. The SMILES string of the molecule is Cc1ccc(NC(=O)[C@@H]2C[C@H](O)C[C@H]2c2nnc(C3CC(CC(C)C)C3)n2C2CC2)c(C)c1. The molecule has 0 unspecified atom stereocenters. The lowest BCUT2D eigenvalue weighted by molar-refractivity contribution is -0.120. The first kappa shape index (κ1) is 22.6. The smallest absolute Gasteiger partial charge is 0.228 e. The number of nitrogens with one attached hydrogen (secondary N) is 1. The molecule has 3 saturated carbocycles. The molecule has 0 spiro atoms. The summed E-state index contributed by atoms with van der Waals surface area (Å²) in [5.41, 5.74) is 3.08. The van der Waals surface area contributed by atoms with Crippen LogP contribution in [0.4, 0.5) is 5.69 Å². The van der Waals surface area contributed by atoms with Gasteiger partial charge in [-0.2, -0.15) is 0 Å². The van der Waals surface area contributed by atoms with Crippen molar-refractivity contribution in [1.29, 1.82) is 0 Å². The molecule has 0 bridgehead atoms. The third kappa shape index (κ3) is 4.59. The van der Waals surface area contributed by atoms with Gasteiger partial charge in [0.15, 0.2) is 0 Å². The number of carbonyl (C=O) groups is 1. The number of anilines is 1. The number of carbonyl (C=O) groups excluding carboxylic acids is 1. The van der Waals surface area contributed by atoms with Crippen LogP contribution in [0.1, 0.15) is 99.4 Å². The molecule has 1 amide bonds. The second-order valence-electron chi connectivity index (χ2n) is 11.3. The van der Waals surface area contributed by atoms with Crippen LogP contribution in [-0.2, 0) is 4.79 Å². The maximum absolute atomic E-state index is 13.4. The number of aryl methyl sites for hydroxylation is 2. The van der Waals surface area contributed by atoms with E-state index >= 15 is 0 Å². The molecule has 1 aromatic carbocycles. The van der Waals surface area contributed by atoms with E-state index in [9.17, 15) is 9.90 Å². The molecule has 3 fully saturated rings. The average molecular weight is 451 g/mol. The summed E-state index contributed by atoms with van der Waals surface area (Å²) in [4.78, 5) is 13.4. The van der Waals surface area contributed by atoms with Crippen molar-refractivity contribution >= 4 is 11.6 Å². The summed E-state index contributed by atoms with van der Waals surface area (Å²) in [6, 6.07) is 6.54. The number of amides is 1. The summed E-state index contributed by atoms with van der Waals surface area (Å²) >= 11 is 0. The van der Waals surface area contributed by atoms with Crippen molar-refractivity contribution < 1.29 is 9.90 Å². The fourth-order valence-corrected chi connectivity index (χ4v) is 6.13. The van der Waals surface area contributed by atoms with Gasteiger partial charge >= 0.3 is 0 Å². The summed E-state index contributed by atoms with van der Waals surface area (Å²) in [7, 11) is 0. The van der Waals surface area contributed by atoms with Crippen LogP contribution in [0.2, 0.25) is 0 Å². The molecule has 6 heteroatoms. The second kappa shape index (κ2) is 8.86. The van der Waals surface area contributed by atoms with Gasteiger partial charge in [-0.25, -0.2) is 0 Å². The minimum absolute atomic E-state index is 0.0176. The van der Waals surface area contributed by atoms with Crippen molar-refractivity contribution in [3.8, 4) is 0 Å². The van der Waals surface area contributed by atoms with Gasteiger partial charge in [-0.3, -0.25) is 4.79 Å². The number of aromatic nitrogens is 3. The highest BCUT2D eigenvalue weighted by Gasteiger charge is 2.45. The Labute approximate surface area is 197 Å². The van der Waals surface area contributed by atoms with Crippen molar-refractivity contribution in [1.82, 2.24) is 14.8 Å². The molecule has 0 saturated heterocycles. The highest BCUT2D eigenvalue weighted by Crippen LogP contribution is 2.49. The zero-order valence-corrected chi connectivity index (χ0v) is 20.4. The Balaban J connectivity index is 1.36. The van der Waals surface area contributed by atoms with Crippen molar-refractivity contribution in [3.05, 3.63) is 41.0 Å². The van der Waals surface area contributed by atoms with E-state index in [0.717, 1.165) is 47.6 Å². The molecule has 33 heavy (non-hydrogen) atoms. The van der Waals surface area contributed by atoms with Crippen LogP contribution < -0.4 is 5.32 Å². The molecular formula is C27H38N4O2. The molecule has 3 atom stereocenters. The Kier molecular flexibility index (Phi) is 6.06. The van der Waals surface area contributed by atoms with E-state index in [1.54, 1.807) is 0 Å². The number of hydrogen-bond donors (Lipinski definition) is 2. The lowest BCUT2D eigenvalue weighted by Crippen LogP contribution is -2.28. The van der Waals surface area contributed by atoms with E-state index in [0.29, 0.717) is 24.8 Å². The monoisotopic (exact) mass is 450 g/mol. The first-order valence-electron chi connectivity index (χ1n) is 12.8. The molecule has 3 aliphatic carbocycles. The summed E-state index contributed by atoms with van der Waals surface area (Å²) in [6.07, 6.45) is 6.60. The van der Waals surface area contributed by atoms with Gasteiger partial charge in [-0.05, 0) is 82.3 Å². The average Bonchev–Trinajstić information content (AvgIpc) is 3.35. The second-order valence-corrected chi connectivity index (χ2v) is 11.3. The highest BCUT2D eigenvalue weighted by atomic mass is 16.3. The van der Waals surface area contributed by atoms with Crippen molar-refractivity contribution in [2.45, 2.75) is 96.6 Å². The molecule has 1 heterocycles. The largest absolute Gasteiger partial charge is 0.393 e. The molecule has 1 aromatic heterocycles. The minimum Gasteiger partial charge on any atom is -0.393 e. The third-order valence-electron chi connectivity index (χ3n) is 7.91. The van der Waals surface area contributed by atoms with E-state index in [2.05, 4.69) is 46.9 Å². The molecule has 5 rings (SSSR count). The van der Waals surface area contributed by atoms with Crippen LogP contribution in [0.25, 0.3) is 0 Å². The van der Waals surface area contributed by atoms with Crippen molar-refractivity contribution in [3.63, 3.8) is 0 Å². The molecule has 6 nitrogen and oxygen atoms in total. The number of benzene rings is 1. The molecule has 2 N–H and O–H groups in total. The van der Waals surface area contributed by atoms with E-state index in [-0.39, 0.29) is 17.7 Å². The quantitative estimate of drug-likeness (QED) is 0.603. The van der Waals surface area contributed by atoms with Crippen molar-refractivity contribution in [2.75, 3.05) is 5.32 Å². The number of rotatable bonds is 7. The number of aliphatic hydroxyl groups is 1. The van der Waals surface area contributed by atoms with Gasteiger partial charge < -0.3 is 15.0 Å². The Hall–Kier alpha value is -2.21. The summed E-state index contributed by atoms with van der Waals surface area (Å²) in [5.74, 6) is 3.70. The maximum Gasteiger partial charge on any atom is 0.228 e. The van der Waals surface area contributed by atoms with Crippen LogP contribution >= 0.6 is 0 Å². The standard InChI is InChI=1S/C27H38N4O2/c1-15(2)9-18-11-19(12-18)25-29-30-26(31(25)20-6-7-20)22-13-21(32)14-23(22)27(33)28-24-8-5-16(3)10-17(24)4/h5,8,10,15,18-23,32H,6-7,9,11-14H2,1-4H3,(H,28,33)/t18?,19?,21-,22-,23-/m1/s1. The van der Waals surface area contributed by atoms with Gasteiger partial charge in [0.05, 0.1) is 12.0 Å². The van der Waals surface area contributed by atoms with Crippen LogP contribution in [0.5, 0.6) is 0 Å². The molecule has 3 aliphatic rings. The zero-order valence-electron chi connectivity index (χ0n) is 20.4. The highest BCUT2D eigenvalue weighted by molar-refractivity contribution is 5.94. The Morgan fingerprint density at radius 1 is 1.12 bits per heavy atom. The fraction of sp³-hybridized carbons (Fsp3) is 0.667. The Morgan fingerprint density at radius 3 is 2.52 bits per heavy atom. The molecule has 2 aromatic rings. The molecule has 0 radical (unpaired) electrons. The van der Waals surface area contributed by atoms with Gasteiger partial charge in [-0.1, -0.05) is 31.5 Å². The third-order valence-corrected chi connectivity index (χ3v) is 7.91. The fourth-order valence-electron chi connectivity index (χ4n) is 6.13. The van der Waals surface area contributed by atoms with E-state index in [1.165, 1.54) is 24.8 Å². The number of hydrogen-bond acceptors (Lipinski definition) is 4. The molecule has 178 valence electrons. The van der Waals surface area contributed by atoms with Gasteiger partial charge in [0.25, 0.3) is 0 Å². The maximum atomic E-state index is 13.4. The van der Waals surface area contributed by atoms with E-state index in [1.807, 2.05) is 19.1 Å². The Morgan fingerprint density at radius 2 is 1.85 bits per heavy atom. The number of aliphatic hydroxyl groups excluding tert-OH is 1. The summed E-state index contributed by atoms with van der Waals surface area (Å²) in [6.45, 7) is 8.67. The Bertz CT molecular complexity index is 1020. The lowest BCUT2D eigenvalue weighted by Gasteiger charge is -2.36. The first-order chi connectivity index (χ1) is 15.8. The zero-order chi connectivity index (χ0) is 23.3. The van der Waals surface area contributed by atoms with Gasteiger partial charge in [0.2, 0.25) is 5.91 Å². The predicted molar refractivity (Wildman–Crippen MR) is 129 cm³/mol. The molecular weight excluding hydrogens is 412 g/mol. The minimum atomic E-state index is -0.475. The van der Waals surface area contributed by atoms with Crippen molar-refractivity contribution in [2.24, 2.45) is 17.8 Å². The van der Waals surface area contributed by atoms with Crippen LogP contribution in [0.15, 0.2) is 18.2 Å². The van der Waals surface area contributed by atoms with Crippen LogP contribution in [0.3, 0.4) is 0 Å². The number of nitrogens with zero attached hydrogens (tertiary/aromatic N) is 3. The topological polar surface area (TPSA) is 80.0 Å². The van der Waals surface area contributed by atoms with E-state index < -0.39 is 6.10 Å². The van der Waals surface area contributed by atoms with Gasteiger partial charge in [0.1, 0.15) is 11.6 Å². The first-order valence-corrected chi connectivity index (χ1v) is 12.8.